The predicted octanol–water partition coefficient (Wildman–Crippen LogP) is 3.14. The molecule has 104 valence electrons. The fourth-order valence-corrected chi connectivity index (χ4v) is 2.26. The molecule has 0 aliphatic rings. The number of nitrogens with one attached hydrogen (secondary N) is 1. The normalized spacial score (nSPS) is 11.4. The number of thiophene rings is 1. The van der Waals surface area contributed by atoms with Crippen LogP contribution in [0.3, 0.4) is 0 Å². The van der Waals surface area contributed by atoms with Crippen molar-refractivity contribution < 1.29 is 14.3 Å². The van der Waals surface area contributed by atoms with Gasteiger partial charge in [-0.05, 0) is 36.1 Å². The molecule has 2 rings (SSSR count). The van der Waals surface area contributed by atoms with Crippen LogP contribution in [0, 0.1) is 5.82 Å². The maximum atomic E-state index is 13.2. The minimum Gasteiger partial charge on any atom is -0.507 e. The van der Waals surface area contributed by atoms with Crippen molar-refractivity contribution in [2.75, 3.05) is 0 Å². The monoisotopic (exact) mass is 292 g/mol. The van der Waals surface area contributed by atoms with E-state index in [4.69, 9.17) is 0 Å². The van der Waals surface area contributed by atoms with Gasteiger partial charge in [0.1, 0.15) is 11.6 Å². The molecule has 20 heavy (non-hydrogen) atoms. The number of nitrogens with zero attached hydrogens (tertiary/aromatic N) is 1. The third-order valence-corrected chi connectivity index (χ3v) is 3.51. The molecule has 0 atom stereocenters. The van der Waals surface area contributed by atoms with Crippen LogP contribution in [-0.4, -0.2) is 16.7 Å². The van der Waals surface area contributed by atoms with Gasteiger partial charge in [-0.2, -0.15) is 5.10 Å². The molecule has 1 aromatic heterocycles. The summed E-state index contributed by atoms with van der Waals surface area (Å²) in [4.78, 5) is 12.3. The zero-order valence-corrected chi connectivity index (χ0v) is 11.6. The maximum Gasteiger partial charge on any atom is 0.281 e. The Hall–Kier alpha value is -2.21. The van der Waals surface area contributed by atoms with Gasteiger partial charge in [-0.25, -0.2) is 9.82 Å². The molecule has 0 bridgehead atoms. The van der Waals surface area contributed by atoms with E-state index in [0.29, 0.717) is 17.0 Å². The fraction of sp³-hybridized carbons (Fsp3) is 0.143. The van der Waals surface area contributed by atoms with Crippen molar-refractivity contribution in [2.24, 2.45) is 5.10 Å². The smallest absolute Gasteiger partial charge is 0.281 e. The third kappa shape index (κ3) is 3.21. The highest BCUT2D eigenvalue weighted by Gasteiger charge is 2.10. The minimum atomic E-state index is -0.469. The molecule has 2 N–H and O–H groups in total. The van der Waals surface area contributed by atoms with Crippen molar-refractivity contribution in [3.8, 4) is 5.75 Å². The lowest BCUT2D eigenvalue weighted by Crippen LogP contribution is -2.19. The summed E-state index contributed by atoms with van der Waals surface area (Å²) in [7, 11) is 0. The van der Waals surface area contributed by atoms with Crippen LogP contribution >= 0.6 is 11.3 Å². The number of hydrazone groups is 1. The van der Waals surface area contributed by atoms with Gasteiger partial charge < -0.3 is 5.11 Å². The average molecular weight is 292 g/mol. The van der Waals surface area contributed by atoms with Gasteiger partial charge in [0.15, 0.2) is 0 Å². The van der Waals surface area contributed by atoms with Crippen LogP contribution in [0.5, 0.6) is 5.75 Å². The zero-order valence-electron chi connectivity index (χ0n) is 10.8. The molecule has 0 fully saturated rings. The summed E-state index contributed by atoms with van der Waals surface area (Å²) in [6.07, 6.45) is 0.446. The molecule has 0 aliphatic carbocycles. The van der Waals surface area contributed by atoms with Crippen LogP contribution in [-0.2, 0) is 0 Å². The Bertz CT molecular complexity index is 639. The van der Waals surface area contributed by atoms with E-state index in [1.807, 2.05) is 0 Å². The summed E-state index contributed by atoms with van der Waals surface area (Å²) < 4.78 is 13.2. The number of hydrogen-bond acceptors (Lipinski definition) is 4. The number of aromatic hydroxyl groups is 1. The van der Waals surface area contributed by atoms with E-state index in [9.17, 15) is 14.3 Å². The number of phenolic OH excluding ortho intramolecular Hbond substituents is 1. The minimum absolute atomic E-state index is 0.0719. The first-order chi connectivity index (χ1) is 9.61. The summed E-state index contributed by atoms with van der Waals surface area (Å²) in [5, 5.41) is 15.5. The largest absolute Gasteiger partial charge is 0.507 e. The molecular weight excluding hydrogens is 279 g/mol. The van der Waals surface area contributed by atoms with Gasteiger partial charge in [0.05, 0.1) is 10.6 Å². The lowest BCUT2D eigenvalue weighted by molar-refractivity contribution is 0.0959. The van der Waals surface area contributed by atoms with Crippen LogP contribution in [0.1, 0.15) is 28.6 Å². The number of rotatable bonds is 4. The fourth-order valence-electron chi connectivity index (χ4n) is 1.65. The quantitative estimate of drug-likeness (QED) is 0.671. The second-order valence-electron chi connectivity index (χ2n) is 3.99. The van der Waals surface area contributed by atoms with E-state index in [2.05, 4.69) is 10.5 Å². The van der Waals surface area contributed by atoms with Gasteiger partial charge in [-0.15, -0.1) is 11.3 Å². The van der Waals surface area contributed by atoms with E-state index >= 15 is 0 Å². The molecule has 0 aliphatic heterocycles. The van der Waals surface area contributed by atoms with Crippen molar-refractivity contribution >= 4 is 23.0 Å². The first-order valence-corrected chi connectivity index (χ1v) is 6.89. The van der Waals surface area contributed by atoms with Gasteiger partial charge in [0, 0.05) is 5.56 Å². The third-order valence-electron chi connectivity index (χ3n) is 2.64. The molecule has 6 heteroatoms. The van der Waals surface area contributed by atoms with Crippen molar-refractivity contribution in [1.29, 1.82) is 0 Å². The second-order valence-corrected chi connectivity index (χ2v) is 4.94. The SMILES string of the molecule is CCC(=NNC(=O)c1cccs1)c1cc(F)ccc1O. The highest BCUT2D eigenvalue weighted by Crippen LogP contribution is 2.20. The van der Waals surface area contributed by atoms with E-state index < -0.39 is 5.82 Å². The Morgan fingerprint density at radius 3 is 2.90 bits per heavy atom. The summed E-state index contributed by atoms with van der Waals surface area (Å²) in [6.45, 7) is 1.81. The van der Waals surface area contributed by atoms with Gasteiger partial charge in [-0.1, -0.05) is 13.0 Å². The predicted molar refractivity (Wildman–Crippen MR) is 76.7 cm³/mol. The van der Waals surface area contributed by atoms with Crippen LogP contribution in [0.2, 0.25) is 0 Å². The van der Waals surface area contributed by atoms with E-state index in [-0.39, 0.29) is 17.2 Å². The first-order valence-electron chi connectivity index (χ1n) is 6.01. The number of benzene rings is 1. The number of phenols is 1. The highest BCUT2D eigenvalue weighted by atomic mass is 32.1. The van der Waals surface area contributed by atoms with E-state index in [1.165, 1.54) is 23.5 Å². The zero-order chi connectivity index (χ0) is 14.5. The lowest BCUT2D eigenvalue weighted by atomic mass is 10.1. The summed E-state index contributed by atoms with van der Waals surface area (Å²) in [6, 6.07) is 7.06. The van der Waals surface area contributed by atoms with Crippen LogP contribution in [0.4, 0.5) is 4.39 Å². The van der Waals surface area contributed by atoms with Gasteiger partial charge in [0.25, 0.3) is 5.91 Å². The summed E-state index contributed by atoms with van der Waals surface area (Å²) in [5.41, 5.74) is 3.09. The molecule has 1 heterocycles. The van der Waals surface area contributed by atoms with Crippen molar-refractivity contribution in [2.45, 2.75) is 13.3 Å². The second kappa shape index (κ2) is 6.29. The average Bonchev–Trinajstić information content (AvgIpc) is 2.97. The number of hydrogen-bond donors (Lipinski definition) is 2. The number of carbonyl (C=O) groups excluding carboxylic acids is 1. The van der Waals surface area contributed by atoms with E-state index in [0.717, 1.165) is 6.07 Å². The van der Waals surface area contributed by atoms with Crippen molar-refractivity contribution in [3.05, 3.63) is 52.0 Å². The molecule has 0 unspecified atom stereocenters. The molecule has 0 spiro atoms. The summed E-state index contributed by atoms with van der Waals surface area (Å²) in [5.74, 6) is -0.872. The Kier molecular flexibility index (Phi) is 4.47. The first kappa shape index (κ1) is 14.2. The van der Waals surface area contributed by atoms with Gasteiger partial charge in [0.2, 0.25) is 0 Å². The molecule has 1 amide bonds. The van der Waals surface area contributed by atoms with Crippen LogP contribution in [0.15, 0.2) is 40.8 Å². The van der Waals surface area contributed by atoms with Crippen LogP contribution < -0.4 is 5.43 Å². The maximum absolute atomic E-state index is 13.2. The Morgan fingerprint density at radius 1 is 1.45 bits per heavy atom. The molecule has 2 aromatic rings. The van der Waals surface area contributed by atoms with Crippen LogP contribution in [0.25, 0.3) is 0 Å². The standard InChI is InChI=1S/C14H13FN2O2S/c1-2-11(10-8-9(15)5-6-12(10)18)16-17-14(19)13-4-3-7-20-13/h3-8,18H,2H2,1H3,(H,17,19). The topological polar surface area (TPSA) is 61.7 Å². The molecule has 4 nitrogen and oxygen atoms in total. The molecular formula is C14H13FN2O2S. The molecule has 0 radical (unpaired) electrons. The van der Waals surface area contributed by atoms with Crippen molar-refractivity contribution in [1.82, 2.24) is 5.43 Å². The summed E-state index contributed by atoms with van der Waals surface area (Å²) >= 11 is 1.30. The Morgan fingerprint density at radius 2 is 2.25 bits per heavy atom. The van der Waals surface area contributed by atoms with Crippen molar-refractivity contribution in [3.63, 3.8) is 0 Å². The van der Waals surface area contributed by atoms with Gasteiger partial charge in [-0.3, -0.25) is 4.79 Å². The number of halogens is 1. The number of carbonyl (C=O) groups is 1. The van der Waals surface area contributed by atoms with Gasteiger partial charge >= 0.3 is 0 Å². The Labute approximate surface area is 119 Å². The van der Waals surface area contributed by atoms with E-state index in [1.54, 1.807) is 24.4 Å². The molecule has 0 saturated heterocycles. The highest BCUT2D eigenvalue weighted by molar-refractivity contribution is 7.12. The molecule has 1 aromatic carbocycles. The molecule has 0 saturated carbocycles. The number of amides is 1. The lowest BCUT2D eigenvalue weighted by Gasteiger charge is -2.07. The Balaban J connectivity index is 2.21.